The van der Waals surface area contributed by atoms with E-state index in [0.717, 1.165) is 103 Å². The third-order valence-corrected chi connectivity index (χ3v) is 15.4. The standard InChI is InChI=1S/C75H132O6/c1-4-7-10-13-16-19-22-24-26-28-30-32-34-35-36-37-38-39-41-42-44-46-48-50-53-56-59-62-65-68-74(77)80-71-72(70-79-73(76)67-64-61-58-55-52-21-18-15-12-9-6-3)81-75(78)69-66-63-60-57-54-51-49-47-45-43-40-33-31-29-27-25-23-20-17-14-11-8-5-2/h8,11,17,20,22,24-25,27-28,30-31,33,43,45,72H,4-7,9-10,12-16,18-19,21,23,26,29,32,34-42,44,46-71H2,1-3H3/b11-8-,20-17-,24-22-,27-25-,30-28-,33-31-,45-43-. The molecule has 0 aliphatic rings. The molecule has 0 aromatic rings. The van der Waals surface area contributed by atoms with E-state index in [4.69, 9.17) is 14.2 Å². The first kappa shape index (κ1) is 77.6. The Morgan fingerprint density at radius 2 is 0.481 bits per heavy atom. The van der Waals surface area contributed by atoms with Gasteiger partial charge in [0.2, 0.25) is 0 Å². The Morgan fingerprint density at radius 1 is 0.259 bits per heavy atom. The van der Waals surface area contributed by atoms with Crippen LogP contribution in [0.4, 0.5) is 0 Å². The van der Waals surface area contributed by atoms with Crippen LogP contribution in [0.5, 0.6) is 0 Å². The molecule has 81 heavy (non-hydrogen) atoms. The number of carbonyl (C=O) groups is 3. The molecular formula is C75H132O6. The lowest BCUT2D eigenvalue weighted by molar-refractivity contribution is -0.167. The summed E-state index contributed by atoms with van der Waals surface area (Å²) in [6.45, 7) is 6.54. The first-order valence-electron chi connectivity index (χ1n) is 35.1. The number of hydrogen-bond acceptors (Lipinski definition) is 6. The number of rotatable bonds is 64. The minimum atomic E-state index is -0.781. The molecule has 0 aliphatic heterocycles. The second kappa shape index (κ2) is 69.1. The van der Waals surface area contributed by atoms with Crippen LogP contribution in [0.15, 0.2) is 85.1 Å². The monoisotopic (exact) mass is 1130 g/mol. The molecule has 0 rings (SSSR count). The van der Waals surface area contributed by atoms with Crippen molar-refractivity contribution in [2.45, 2.75) is 361 Å². The lowest BCUT2D eigenvalue weighted by atomic mass is 10.0. The fourth-order valence-electron chi connectivity index (χ4n) is 10.2. The summed E-state index contributed by atoms with van der Waals surface area (Å²) in [6, 6.07) is 0. The summed E-state index contributed by atoms with van der Waals surface area (Å²) in [6.07, 6.45) is 91.8. The highest BCUT2D eigenvalue weighted by Crippen LogP contribution is 2.17. The quantitative estimate of drug-likeness (QED) is 0.0261. The summed E-state index contributed by atoms with van der Waals surface area (Å²) in [5.41, 5.74) is 0. The maximum Gasteiger partial charge on any atom is 0.306 e. The van der Waals surface area contributed by atoms with Crippen LogP contribution >= 0.6 is 0 Å². The minimum absolute atomic E-state index is 0.0771. The highest BCUT2D eigenvalue weighted by atomic mass is 16.6. The van der Waals surface area contributed by atoms with E-state index in [1.165, 1.54) is 212 Å². The van der Waals surface area contributed by atoms with Crippen LogP contribution < -0.4 is 0 Å². The fraction of sp³-hybridized carbons (Fsp3) is 0.773. The van der Waals surface area contributed by atoms with Crippen molar-refractivity contribution in [1.82, 2.24) is 0 Å². The molecule has 1 unspecified atom stereocenters. The van der Waals surface area contributed by atoms with E-state index in [2.05, 4.69) is 106 Å². The maximum absolute atomic E-state index is 12.9. The molecule has 0 aromatic heterocycles. The predicted octanol–water partition coefficient (Wildman–Crippen LogP) is 24.2. The number of ether oxygens (including phenoxy) is 3. The zero-order chi connectivity index (χ0) is 58.5. The molecule has 6 heteroatoms. The van der Waals surface area contributed by atoms with Gasteiger partial charge in [0.05, 0.1) is 0 Å². The molecule has 0 heterocycles. The normalized spacial score (nSPS) is 12.6. The van der Waals surface area contributed by atoms with Gasteiger partial charge in [0.15, 0.2) is 6.10 Å². The van der Waals surface area contributed by atoms with Crippen LogP contribution in [0.2, 0.25) is 0 Å². The van der Waals surface area contributed by atoms with E-state index < -0.39 is 6.10 Å². The molecule has 468 valence electrons. The minimum Gasteiger partial charge on any atom is -0.462 e. The molecule has 0 saturated carbocycles. The van der Waals surface area contributed by atoms with Crippen molar-refractivity contribution in [2.75, 3.05) is 13.2 Å². The van der Waals surface area contributed by atoms with E-state index >= 15 is 0 Å². The summed E-state index contributed by atoms with van der Waals surface area (Å²) in [5, 5.41) is 0. The Hall–Kier alpha value is -3.41. The third kappa shape index (κ3) is 67.3. The summed E-state index contributed by atoms with van der Waals surface area (Å²) >= 11 is 0. The molecule has 0 radical (unpaired) electrons. The van der Waals surface area contributed by atoms with Gasteiger partial charge < -0.3 is 14.2 Å². The number of carbonyl (C=O) groups excluding carboxylic acids is 3. The molecule has 6 nitrogen and oxygen atoms in total. The highest BCUT2D eigenvalue weighted by molar-refractivity contribution is 5.71. The van der Waals surface area contributed by atoms with Gasteiger partial charge in [-0.05, 0) is 96.3 Å². The predicted molar refractivity (Wildman–Crippen MR) is 353 cm³/mol. The summed E-state index contributed by atoms with van der Waals surface area (Å²) in [5.74, 6) is -0.871. The molecule has 0 bridgehead atoms. The average Bonchev–Trinajstić information content (AvgIpc) is 3.47. The fourth-order valence-corrected chi connectivity index (χ4v) is 10.2. The molecule has 0 N–H and O–H groups in total. The zero-order valence-electron chi connectivity index (χ0n) is 53.8. The van der Waals surface area contributed by atoms with Crippen molar-refractivity contribution >= 4 is 17.9 Å². The van der Waals surface area contributed by atoms with Gasteiger partial charge in [-0.3, -0.25) is 14.4 Å². The highest BCUT2D eigenvalue weighted by Gasteiger charge is 2.19. The molecular weight excluding hydrogens is 997 g/mol. The molecule has 0 saturated heterocycles. The van der Waals surface area contributed by atoms with Gasteiger partial charge in [-0.15, -0.1) is 0 Å². The van der Waals surface area contributed by atoms with Crippen LogP contribution in [-0.4, -0.2) is 37.2 Å². The number of esters is 3. The van der Waals surface area contributed by atoms with E-state index in [1.807, 2.05) is 0 Å². The maximum atomic E-state index is 12.9. The zero-order valence-corrected chi connectivity index (χ0v) is 53.8. The molecule has 0 aromatic carbocycles. The number of hydrogen-bond donors (Lipinski definition) is 0. The van der Waals surface area contributed by atoms with Crippen LogP contribution in [0.1, 0.15) is 355 Å². The van der Waals surface area contributed by atoms with Gasteiger partial charge in [0, 0.05) is 19.3 Å². The SMILES string of the molecule is CC/C=C\C/C=C\C/C=C\C/C=C\C/C=C\CCCCCCCCCC(=O)OC(COC(=O)CCCCCCCCCCCCC)COC(=O)CCCCCCCCCCCCCCCCCCC/C=C\C/C=C\CCCCCCC. The Morgan fingerprint density at radius 3 is 0.753 bits per heavy atom. The van der Waals surface area contributed by atoms with Crippen molar-refractivity contribution in [2.24, 2.45) is 0 Å². The Balaban J connectivity index is 4.21. The summed E-state index contributed by atoms with van der Waals surface area (Å²) in [4.78, 5) is 38.4. The number of unbranched alkanes of at least 4 members (excludes halogenated alkanes) is 39. The van der Waals surface area contributed by atoms with Gasteiger partial charge >= 0.3 is 17.9 Å². The third-order valence-electron chi connectivity index (χ3n) is 15.4. The Labute approximate surface area is 503 Å². The van der Waals surface area contributed by atoms with Crippen molar-refractivity contribution in [3.8, 4) is 0 Å². The van der Waals surface area contributed by atoms with Crippen LogP contribution in [0.3, 0.4) is 0 Å². The van der Waals surface area contributed by atoms with E-state index in [0.29, 0.717) is 19.3 Å². The van der Waals surface area contributed by atoms with Crippen LogP contribution in [-0.2, 0) is 28.6 Å². The molecule has 0 amide bonds. The van der Waals surface area contributed by atoms with Crippen molar-refractivity contribution < 1.29 is 28.6 Å². The molecule has 0 aliphatic carbocycles. The van der Waals surface area contributed by atoms with Crippen LogP contribution in [0.25, 0.3) is 0 Å². The largest absolute Gasteiger partial charge is 0.462 e. The first-order chi connectivity index (χ1) is 40.0. The van der Waals surface area contributed by atoms with Gasteiger partial charge in [0.25, 0.3) is 0 Å². The summed E-state index contributed by atoms with van der Waals surface area (Å²) in [7, 11) is 0. The molecule has 0 spiro atoms. The van der Waals surface area contributed by atoms with Crippen molar-refractivity contribution in [1.29, 1.82) is 0 Å². The molecule has 0 fully saturated rings. The average molecular weight is 1130 g/mol. The van der Waals surface area contributed by atoms with Gasteiger partial charge in [-0.1, -0.05) is 324 Å². The second-order valence-electron chi connectivity index (χ2n) is 23.4. The van der Waals surface area contributed by atoms with E-state index in [9.17, 15) is 14.4 Å². The Kier molecular flexibility index (Phi) is 66.2. The second-order valence-corrected chi connectivity index (χ2v) is 23.4. The molecule has 1 atom stereocenters. The van der Waals surface area contributed by atoms with Crippen molar-refractivity contribution in [3.63, 3.8) is 0 Å². The van der Waals surface area contributed by atoms with Crippen LogP contribution in [0, 0.1) is 0 Å². The summed E-state index contributed by atoms with van der Waals surface area (Å²) < 4.78 is 17.0. The van der Waals surface area contributed by atoms with Gasteiger partial charge in [-0.25, -0.2) is 0 Å². The topological polar surface area (TPSA) is 78.9 Å². The van der Waals surface area contributed by atoms with Gasteiger partial charge in [-0.2, -0.15) is 0 Å². The first-order valence-corrected chi connectivity index (χ1v) is 35.1. The Bertz CT molecular complexity index is 1530. The van der Waals surface area contributed by atoms with E-state index in [-0.39, 0.29) is 31.1 Å². The lowest BCUT2D eigenvalue weighted by Crippen LogP contribution is -2.30. The van der Waals surface area contributed by atoms with Crippen molar-refractivity contribution in [3.05, 3.63) is 85.1 Å². The van der Waals surface area contributed by atoms with E-state index in [1.54, 1.807) is 0 Å². The smallest absolute Gasteiger partial charge is 0.306 e. The van der Waals surface area contributed by atoms with Gasteiger partial charge in [0.1, 0.15) is 13.2 Å². The number of allylic oxidation sites excluding steroid dienone is 14. The lowest BCUT2D eigenvalue weighted by Gasteiger charge is -2.18.